The molecule has 0 saturated heterocycles. The van der Waals surface area contributed by atoms with Crippen molar-refractivity contribution in [3.05, 3.63) is 0 Å². The SMILES string of the molecule is CCOP(=O)([O-])[O-].CCOP(=O)([O-])[O-].[Zr+4]. The topological polar surface area (TPSA) is 145 Å². The summed E-state index contributed by atoms with van der Waals surface area (Å²) in [5, 5.41) is 0. The first-order valence-electron chi connectivity index (χ1n) is 3.45. The molecular formula is C4H10O8P2Zr. The Bertz CT molecular complexity index is 197. The average Bonchev–Trinajstić information content (AvgIpc) is 1.81. The van der Waals surface area contributed by atoms with Gasteiger partial charge in [-0.25, -0.2) is 0 Å². The van der Waals surface area contributed by atoms with Crippen molar-refractivity contribution in [2.75, 3.05) is 13.2 Å². The first kappa shape index (κ1) is 21.4. The standard InChI is InChI=1S/2C2H7O4P.Zr/c2*1-2-6-7(3,4)5;/h2*2H2,1H3,(H2,3,4,5);/q;;+4/p-4. The van der Waals surface area contributed by atoms with E-state index in [2.05, 4.69) is 9.05 Å². The molecule has 8 nitrogen and oxygen atoms in total. The minimum absolute atomic E-state index is 0. The molecule has 0 aliphatic carbocycles. The molecule has 0 atom stereocenters. The molecule has 88 valence electrons. The summed E-state index contributed by atoms with van der Waals surface area (Å²) < 4.78 is 26.3. The third-order valence-corrected chi connectivity index (χ3v) is 1.72. The normalized spacial score (nSPS) is 11.1. The summed E-state index contributed by atoms with van der Waals surface area (Å²) in [6.07, 6.45) is 0. The Balaban J connectivity index is -0.000000180. The molecule has 0 rings (SSSR count). The maximum Gasteiger partial charge on any atom is 4.00 e. The summed E-state index contributed by atoms with van der Waals surface area (Å²) in [7, 11) is -9.33. The van der Waals surface area contributed by atoms with E-state index in [1.54, 1.807) is 0 Å². The molecule has 15 heavy (non-hydrogen) atoms. The van der Waals surface area contributed by atoms with Gasteiger partial charge in [-0.05, 0) is 13.8 Å². The van der Waals surface area contributed by atoms with Gasteiger partial charge in [0.25, 0.3) is 0 Å². The zero-order valence-electron chi connectivity index (χ0n) is 8.07. The monoisotopic (exact) mass is 338 g/mol. The van der Waals surface area contributed by atoms with Crippen LogP contribution in [0.5, 0.6) is 0 Å². The van der Waals surface area contributed by atoms with Crippen LogP contribution in [0, 0.1) is 0 Å². The summed E-state index contributed by atoms with van der Waals surface area (Å²) in [5.74, 6) is 0. The first-order chi connectivity index (χ1) is 6.12. The van der Waals surface area contributed by atoms with E-state index < -0.39 is 15.6 Å². The van der Waals surface area contributed by atoms with Crippen LogP contribution in [0.4, 0.5) is 0 Å². The molecule has 0 amide bonds. The zero-order valence-corrected chi connectivity index (χ0v) is 12.3. The van der Waals surface area contributed by atoms with E-state index in [-0.39, 0.29) is 39.4 Å². The fourth-order valence-electron chi connectivity index (χ4n) is 0.316. The molecule has 0 aromatic rings. The summed E-state index contributed by atoms with van der Waals surface area (Å²) in [5.41, 5.74) is 0. The van der Waals surface area contributed by atoms with Crippen LogP contribution in [0.25, 0.3) is 0 Å². The van der Waals surface area contributed by atoms with Crippen molar-refractivity contribution in [1.29, 1.82) is 0 Å². The van der Waals surface area contributed by atoms with Crippen molar-refractivity contribution in [2.24, 2.45) is 0 Å². The van der Waals surface area contributed by atoms with Crippen molar-refractivity contribution >= 4 is 15.6 Å². The molecule has 0 aliphatic rings. The van der Waals surface area contributed by atoms with Crippen molar-refractivity contribution in [3.63, 3.8) is 0 Å². The van der Waals surface area contributed by atoms with Crippen LogP contribution in [0.15, 0.2) is 0 Å². The van der Waals surface area contributed by atoms with Gasteiger partial charge in [-0.1, -0.05) is 0 Å². The van der Waals surface area contributed by atoms with Gasteiger partial charge in [-0.2, -0.15) is 0 Å². The second-order valence-corrected chi connectivity index (χ2v) is 4.04. The number of hydrogen-bond donors (Lipinski definition) is 0. The summed E-state index contributed by atoms with van der Waals surface area (Å²) in [6.45, 7) is 2.71. The smallest absolute Gasteiger partial charge is 0.790 e. The van der Waals surface area contributed by atoms with Gasteiger partial charge in [0.1, 0.15) is 0 Å². The van der Waals surface area contributed by atoms with Crippen LogP contribution in [0.1, 0.15) is 13.8 Å². The first-order valence-corrected chi connectivity index (χ1v) is 6.37. The third-order valence-electron chi connectivity index (χ3n) is 0.574. The van der Waals surface area contributed by atoms with Crippen LogP contribution in [-0.4, -0.2) is 13.2 Å². The second-order valence-electron chi connectivity index (χ2n) is 1.73. The van der Waals surface area contributed by atoms with Gasteiger partial charge in [0.15, 0.2) is 0 Å². The third kappa shape index (κ3) is 31.3. The largest absolute Gasteiger partial charge is 4.00 e. The molecule has 0 spiro atoms. The van der Waals surface area contributed by atoms with Crippen LogP contribution in [-0.2, 0) is 44.4 Å². The van der Waals surface area contributed by atoms with Crippen molar-refractivity contribution in [2.45, 2.75) is 13.8 Å². The molecule has 0 aromatic carbocycles. The molecule has 0 unspecified atom stereocenters. The molecule has 11 heteroatoms. The Hall–Kier alpha value is 1.10. The van der Waals surface area contributed by atoms with E-state index in [0.717, 1.165) is 0 Å². The summed E-state index contributed by atoms with van der Waals surface area (Å²) in [6, 6.07) is 0. The molecule has 0 heterocycles. The van der Waals surface area contributed by atoms with Gasteiger partial charge in [-0.15, -0.1) is 0 Å². The Morgan fingerprint density at radius 1 is 0.867 bits per heavy atom. The quantitative estimate of drug-likeness (QED) is 0.520. The van der Waals surface area contributed by atoms with E-state index in [9.17, 15) is 28.7 Å². The van der Waals surface area contributed by atoms with Gasteiger partial charge in [-0.3, -0.25) is 0 Å². The summed E-state index contributed by atoms with van der Waals surface area (Å²) in [4.78, 5) is 37.9. The molecule has 0 N–H and O–H groups in total. The van der Waals surface area contributed by atoms with E-state index in [1.807, 2.05) is 0 Å². The van der Waals surface area contributed by atoms with Gasteiger partial charge in [0, 0.05) is 13.2 Å². The minimum Gasteiger partial charge on any atom is -0.790 e. The molecule has 0 bridgehead atoms. The van der Waals surface area contributed by atoms with Gasteiger partial charge >= 0.3 is 26.2 Å². The molecule has 0 saturated carbocycles. The van der Waals surface area contributed by atoms with Crippen molar-refractivity contribution in [3.8, 4) is 0 Å². The average molecular weight is 339 g/mol. The number of hydrogen-bond acceptors (Lipinski definition) is 8. The maximum absolute atomic E-state index is 9.48. The summed E-state index contributed by atoms with van der Waals surface area (Å²) >= 11 is 0. The van der Waals surface area contributed by atoms with Crippen LogP contribution >= 0.6 is 15.6 Å². The van der Waals surface area contributed by atoms with Gasteiger partial charge in [0.2, 0.25) is 0 Å². The number of phosphoric ester groups is 2. The maximum atomic E-state index is 9.48. The number of rotatable bonds is 4. The Morgan fingerprint density at radius 2 is 1.07 bits per heavy atom. The Morgan fingerprint density at radius 3 is 1.07 bits per heavy atom. The van der Waals surface area contributed by atoms with Crippen LogP contribution in [0.3, 0.4) is 0 Å². The zero-order chi connectivity index (χ0) is 11.8. The predicted molar refractivity (Wildman–Crippen MR) is 38.5 cm³/mol. The molecule has 0 radical (unpaired) electrons. The van der Waals surface area contributed by atoms with E-state index in [4.69, 9.17) is 0 Å². The predicted octanol–water partition coefficient (Wildman–Crippen LogP) is -2.30. The Labute approximate surface area is 107 Å². The molecule has 0 aromatic heterocycles. The fourth-order valence-corrected chi connectivity index (χ4v) is 0.949. The van der Waals surface area contributed by atoms with Crippen molar-refractivity contribution in [1.82, 2.24) is 0 Å². The Kier molecular flexibility index (Phi) is 14.6. The molecule has 0 fully saturated rings. The molecular weight excluding hydrogens is 329 g/mol. The fraction of sp³-hybridized carbons (Fsp3) is 1.00. The van der Waals surface area contributed by atoms with Gasteiger partial charge in [0.05, 0.1) is 15.6 Å². The molecule has 0 aliphatic heterocycles. The van der Waals surface area contributed by atoms with Gasteiger partial charge < -0.3 is 37.8 Å². The van der Waals surface area contributed by atoms with Crippen molar-refractivity contribution < 1.29 is 64.0 Å². The van der Waals surface area contributed by atoms with Crippen LogP contribution < -0.4 is 19.6 Å². The van der Waals surface area contributed by atoms with E-state index in [0.29, 0.717) is 0 Å². The number of phosphoric acid groups is 2. The second kappa shape index (κ2) is 10.3. The minimum atomic E-state index is -4.67. The van der Waals surface area contributed by atoms with E-state index >= 15 is 0 Å². The van der Waals surface area contributed by atoms with Crippen LogP contribution in [0.2, 0.25) is 0 Å². The van der Waals surface area contributed by atoms with E-state index in [1.165, 1.54) is 13.8 Å².